The van der Waals surface area contributed by atoms with Crippen LogP contribution in [0.3, 0.4) is 0 Å². The summed E-state index contributed by atoms with van der Waals surface area (Å²) in [5.74, 6) is -2.75. The molecule has 10 nitrogen and oxygen atoms in total. The number of ether oxygens (including phenoxy) is 1. The fourth-order valence-corrected chi connectivity index (χ4v) is 3.89. The number of nitrogens with two attached hydrogens (primary N) is 1. The van der Waals surface area contributed by atoms with Gasteiger partial charge in [0.05, 0.1) is 13.7 Å². The van der Waals surface area contributed by atoms with E-state index in [0.717, 1.165) is 20.9 Å². The Morgan fingerprint density at radius 3 is 1.98 bits per heavy atom. The molecule has 0 atom stereocenters. The van der Waals surface area contributed by atoms with Crippen molar-refractivity contribution < 1.29 is 28.7 Å². The first kappa shape index (κ1) is 29.6. The van der Waals surface area contributed by atoms with Gasteiger partial charge in [0.15, 0.2) is 0 Å². The lowest BCUT2D eigenvalue weighted by Gasteiger charge is -2.29. The molecule has 10 heteroatoms. The van der Waals surface area contributed by atoms with Gasteiger partial charge in [-0.3, -0.25) is 24.1 Å². The molecule has 3 aromatic rings. The van der Waals surface area contributed by atoms with E-state index in [1.54, 1.807) is 73.8 Å². The Hall–Kier alpha value is -4.99. The average Bonchev–Trinajstić information content (AvgIpc) is 2.96. The molecule has 0 aromatic heterocycles. The number of imide groups is 1. The molecule has 208 valence electrons. The summed E-state index contributed by atoms with van der Waals surface area (Å²) in [5.41, 5.74) is 7.55. The topological polar surface area (TPSA) is 139 Å². The number of amides is 5. The number of hydrogen-bond acceptors (Lipinski definition) is 6. The lowest BCUT2D eigenvalue weighted by atomic mass is 10.1. The molecule has 0 fully saturated rings. The summed E-state index contributed by atoms with van der Waals surface area (Å²) in [7, 11) is 1.54. The molecule has 0 saturated heterocycles. The van der Waals surface area contributed by atoms with Crippen molar-refractivity contribution in [2.45, 2.75) is 25.9 Å². The summed E-state index contributed by atoms with van der Waals surface area (Å²) in [6.07, 6.45) is -0.399. The molecular weight excluding hydrogens is 512 g/mol. The van der Waals surface area contributed by atoms with Crippen molar-refractivity contribution in [2.24, 2.45) is 5.73 Å². The Morgan fingerprint density at radius 2 is 1.40 bits per heavy atom. The zero-order chi connectivity index (χ0) is 28.9. The zero-order valence-corrected chi connectivity index (χ0v) is 22.2. The van der Waals surface area contributed by atoms with Crippen molar-refractivity contribution in [3.05, 3.63) is 102 Å². The maximum absolute atomic E-state index is 13.7. The molecule has 0 aliphatic heterocycles. The number of primary amides is 1. The second kappa shape index (κ2) is 14.8. The minimum Gasteiger partial charge on any atom is -0.497 e. The third-order valence-corrected chi connectivity index (χ3v) is 6.01. The maximum atomic E-state index is 13.7. The van der Waals surface area contributed by atoms with Crippen LogP contribution in [0.1, 0.15) is 23.1 Å². The Kier molecular flexibility index (Phi) is 11.0. The molecular formula is C30H32N4O6. The number of urea groups is 1. The molecule has 0 saturated carbocycles. The van der Waals surface area contributed by atoms with Gasteiger partial charge >= 0.3 is 6.03 Å². The number of Topliss-reactive ketones (excluding diaryl/α,β-unsaturated/α-hetero) is 1. The predicted octanol–water partition coefficient (Wildman–Crippen LogP) is 2.45. The van der Waals surface area contributed by atoms with Gasteiger partial charge in [-0.05, 0) is 35.2 Å². The zero-order valence-electron chi connectivity index (χ0n) is 22.2. The Morgan fingerprint density at radius 1 is 0.800 bits per heavy atom. The molecule has 0 aliphatic carbocycles. The number of carbonyl (C=O) groups is 5. The molecule has 0 heterocycles. The number of rotatable bonds is 13. The smallest absolute Gasteiger partial charge is 0.327 e. The van der Waals surface area contributed by atoms with Gasteiger partial charge < -0.3 is 20.7 Å². The predicted molar refractivity (Wildman–Crippen MR) is 148 cm³/mol. The quantitative estimate of drug-likeness (QED) is 0.250. The van der Waals surface area contributed by atoms with Crippen molar-refractivity contribution in [2.75, 3.05) is 20.2 Å². The van der Waals surface area contributed by atoms with E-state index in [9.17, 15) is 24.0 Å². The van der Waals surface area contributed by atoms with Crippen molar-refractivity contribution in [1.29, 1.82) is 0 Å². The van der Waals surface area contributed by atoms with Crippen LogP contribution in [-0.4, -0.2) is 59.5 Å². The van der Waals surface area contributed by atoms with Crippen LogP contribution in [0.25, 0.3) is 0 Å². The SMILES string of the molecule is COc1ccc(CCN(C(=O)CC(N)=O)C(=O)N(CC(=O)C(=O)NCc2ccccc2)Cc2ccccc2)cc1. The highest BCUT2D eigenvalue weighted by Gasteiger charge is 2.30. The summed E-state index contributed by atoms with van der Waals surface area (Å²) in [4.78, 5) is 65.7. The molecule has 0 unspecified atom stereocenters. The minimum absolute atomic E-state index is 0.0414. The van der Waals surface area contributed by atoms with E-state index in [1.165, 1.54) is 0 Å². The Bertz CT molecular complexity index is 1310. The van der Waals surface area contributed by atoms with Crippen molar-refractivity contribution in [3.8, 4) is 5.75 Å². The summed E-state index contributed by atoms with van der Waals surface area (Å²) in [6.45, 7) is -0.544. The van der Waals surface area contributed by atoms with E-state index in [2.05, 4.69) is 5.32 Å². The normalized spacial score (nSPS) is 10.3. The lowest BCUT2D eigenvalue weighted by molar-refractivity contribution is -0.138. The van der Waals surface area contributed by atoms with Crippen molar-refractivity contribution in [3.63, 3.8) is 0 Å². The number of nitrogens with zero attached hydrogens (tertiary/aromatic N) is 2. The summed E-state index contributed by atoms with van der Waals surface area (Å²) in [5, 5.41) is 2.56. The molecule has 3 rings (SSSR count). The van der Waals surface area contributed by atoms with Crippen molar-refractivity contribution in [1.82, 2.24) is 15.1 Å². The largest absolute Gasteiger partial charge is 0.497 e. The standard InChI is InChI=1S/C30H32N4O6/c1-40-25-14-12-22(13-15-25)16-17-34(28(37)18-27(31)36)30(39)33(20-24-10-6-3-7-11-24)21-26(35)29(38)32-19-23-8-4-2-5-9-23/h2-15H,16-21H2,1H3,(H2,31,36)(H,32,38). The first-order valence-corrected chi connectivity index (χ1v) is 12.7. The van der Waals surface area contributed by atoms with E-state index < -0.39 is 42.5 Å². The molecule has 0 spiro atoms. The van der Waals surface area contributed by atoms with Crippen molar-refractivity contribution >= 4 is 29.5 Å². The van der Waals surface area contributed by atoms with Gasteiger partial charge in [-0.2, -0.15) is 0 Å². The molecule has 5 amide bonds. The van der Waals surface area contributed by atoms with Crippen LogP contribution in [0.4, 0.5) is 4.79 Å². The van der Waals surface area contributed by atoms with Crippen LogP contribution in [-0.2, 0) is 38.7 Å². The highest BCUT2D eigenvalue weighted by atomic mass is 16.5. The van der Waals surface area contributed by atoms with Crippen LogP contribution >= 0.6 is 0 Å². The first-order valence-electron chi connectivity index (χ1n) is 12.7. The van der Waals surface area contributed by atoms with Gasteiger partial charge in [0, 0.05) is 19.6 Å². The van der Waals surface area contributed by atoms with Gasteiger partial charge in [-0.1, -0.05) is 72.8 Å². The maximum Gasteiger partial charge on any atom is 0.327 e. The molecule has 40 heavy (non-hydrogen) atoms. The molecule has 0 bridgehead atoms. The fraction of sp³-hybridized carbons (Fsp3) is 0.233. The summed E-state index contributed by atoms with van der Waals surface area (Å²) < 4.78 is 5.16. The Labute approximate surface area is 232 Å². The van der Waals surface area contributed by atoms with E-state index in [0.29, 0.717) is 11.3 Å². The minimum atomic E-state index is -0.891. The molecule has 3 N–H and O–H groups in total. The van der Waals surface area contributed by atoms with E-state index in [1.807, 2.05) is 18.2 Å². The molecule has 0 radical (unpaired) electrons. The number of nitrogens with one attached hydrogen (secondary N) is 1. The lowest BCUT2D eigenvalue weighted by Crippen LogP contribution is -2.50. The third-order valence-electron chi connectivity index (χ3n) is 6.01. The Balaban J connectivity index is 1.79. The number of methoxy groups -OCH3 is 1. The first-order chi connectivity index (χ1) is 19.3. The van der Waals surface area contributed by atoms with Crippen LogP contribution < -0.4 is 15.8 Å². The van der Waals surface area contributed by atoms with E-state index in [-0.39, 0.29) is 26.1 Å². The second-order valence-electron chi connectivity index (χ2n) is 9.00. The number of benzene rings is 3. The highest BCUT2D eigenvalue weighted by molar-refractivity contribution is 6.37. The van der Waals surface area contributed by atoms with Crippen LogP contribution in [0.15, 0.2) is 84.9 Å². The number of hydrogen-bond donors (Lipinski definition) is 2. The molecule has 0 aliphatic rings. The monoisotopic (exact) mass is 544 g/mol. The van der Waals surface area contributed by atoms with Gasteiger partial charge in [-0.25, -0.2) is 4.79 Å². The number of carbonyl (C=O) groups excluding carboxylic acids is 5. The summed E-state index contributed by atoms with van der Waals surface area (Å²) in [6, 6.07) is 24.2. The van der Waals surface area contributed by atoms with Crippen LogP contribution in [0.5, 0.6) is 5.75 Å². The second-order valence-corrected chi connectivity index (χ2v) is 9.00. The highest BCUT2D eigenvalue weighted by Crippen LogP contribution is 2.14. The fourth-order valence-electron chi connectivity index (χ4n) is 3.89. The third kappa shape index (κ3) is 9.09. The van der Waals surface area contributed by atoms with Crippen LogP contribution in [0.2, 0.25) is 0 Å². The van der Waals surface area contributed by atoms with E-state index >= 15 is 0 Å². The van der Waals surface area contributed by atoms with Gasteiger partial charge in [0.25, 0.3) is 5.91 Å². The summed E-state index contributed by atoms with van der Waals surface area (Å²) >= 11 is 0. The van der Waals surface area contributed by atoms with Crippen LogP contribution in [0, 0.1) is 0 Å². The van der Waals surface area contributed by atoms with Gasteiger partial charge in [0.2, 0.25) is 17.6 Å². The molecule has 3 aromatic carbocycles. The van der Waals surface area contributed by atoms with E-state index in [4.69, 9.17) is 10.5 Å². The average molecular weight is 545 g/mol. The number of ketones is 1. The van der Waals surface area contributed by atoms with Gasteiger partial charge in [0.1, 0.15) is 12.2 Å². The van der Waals surface area contributed by atoms with Gasteiger partial charge in [-0.15, -0.1) is 0 Å².